The van der Waals surface area contributed by atoms with Crippen LogP contribution in [0.3, 0.4) is 0 Å². The van der Waals surface area contributed by atoms with Gasteiger partial charge in [0.25, 0.3) is 5.91 Å². The molecule has 2 aromatic rings. The smallest absolute Gasteiger partial charge is 0.251 e. The van der Waals surface area contributed by atoms with E-state index in [0.29, 0.717) is 17.4 Å². The molecule has 2 heterocycles. The van der Waals surface area contributed by atoms with E-state index in [9.17, 15) is 9.59 Å². The van der Waals surface area contributed by atoms with E-state index in [4.69, 9.17) is 0 Å². The first-order valence-corrected chi connectivity index (χ1v) is 10.0. The monoisotopic (exact) mass is 398 g/mol. The Balaban J connectivity index is 1.53. The second-order valence-corrected chi connectivity index (χ2v) is 8.50. The van der Waals surface area contributed by atoms with Crippen molar-refractivity contribution in [2.75, 3.05) is 25.0 Å². The summed E-state index contributed by atoms with van der Waals surface area (Å²) in [4.78, 5) is 29.0. The van der Waals surface area contributed by atoms with Crippen LogP contribution in [0, 0.1) is 0 Å². The van der Waals surface area contributed by atoms with Gasteiger partial charge in [0, 0.05) is 18.5 Å². The topological polar surface area (TPSA) is 101 Å². The highest BCUT2D eigenvalue weighted by atomic mass is 16.2. The molecule has 1 fully saturated rings. The maximum atomic E-state index is 12.3. The summed E-state index contributed by atoms with van der Waals surface area (Å²) in [6.45, 7) is 8.14. The zero-order valence-electron chi connectivity index (χ0n) is 17.6. The maximum absolute atomic E-state index is 12.3. The molecule has 1 aliphatic heterocycles. The van der Waals surface area contributed by atoms with Gasteiger partial charge in [0.05, 0.1) is 6.54 Å². The molecule has 1 saturated heterocycles. The summed E-state index contributed by atoms with van der Waals surface area (Å²) in [7, 11) is 1.75. The number of anilines is 1. The van der Waals surface area contributed by atoms with Crippen LogP contribution in [0.15, 0.2) is 24.3 Å². The first kappa shape index (κ1) is 21.0. The molecule has 1 aromatic heterocycles. The first-order valence-electron chi connectivity index (χ1n) is 10.0. The average molecular weight is 399 g/mol. The van der Waals surface area contributed by atoms with Crippen LogP contribution in [0.5, 0.6) is 0 Å². The van der Waals surface area contributed by atoms with Crippen LogP contribution < -0.4 is 16.0 Å². The van der Waals surface area contributed by atoms with E-state index < -0.39 is 0 Å². The SMILES string of the molecule is Cn1nc(C2CCNCC2)nc1NC(=O)CNC(=O)c1ccc(C(C)(C)C)cc1. The average Bonchev–Trinajstić information content (AvgIpc) is 3.06. The van der Waals surface area contributed by atoms with Gasteiger partial charge in [-0.2, -0.15) is 10.1 Å². The van der Waals surface area contributed by atoms with Crippen molar-refractivity contribution in [2.45, 2.75) is 44.9 Å². The number of piperidine rings is 1. The van der Waals surface area contributed by atoms with E-state index in [2.05, 4.69) is 46.8 Å². The fraction of sp³-hybridized carbons (Fsp3) is 0.524. The predicted octanol–water partition coefficient (Wildman–Crippen LogP) is 1.95. The number of hydrogen-bond acceptors (Lipinski definition) is 5. The summed E-state index contributed by atoms with van der Waals surface area (Å²) >= 11 is 0. The molecule has 3 N–H and O–H groups in total. The lowest BCUT2D eigenvalue weighted by molar-refractivity contribution is -0.115. The third-order valence-corrected chi connectivity index (χ3v) is 5.16. The van der Waals surface area contributed by atoms with Crippen molar-refractivity contribution in [1.82, 2.24) is 25.4 Å². The number of hydrogen-bond donors (Lipinski definition) is 3. The van der Waals surface area contributed by atoms with Crippen LogP contribution in [0.1, 0.15) is 61.3 Å². The van der Waals surface area contributed by atoms with Crippen molar-refractivity contribution < 1.29 is 9.59 Å². The molecule has 156 valence electrons. The Bertz CT molecular complexity index is 860. The Morgan fingerprint density at radius 3 is 2.45 bits per heavy atom. The van der Waals surface area contributed by atoms with Gasteiger partial charge in [-0.25, -0.2) is 4.68 Å². The highest BCUT2D eigenvalue weighted by molar-refractivity contribution is 5.98. The number of nitrogens with zero attached hydrogens (tertiary/aromatic N) is 3. The van der Waals surface area contributed by atoms with E-state index in [0.717, 1.165) is 37.3 Å². The van der Waals surface area contributed by atoms with Gasteiger partial charge < -0.3 is 10.6 Å². The highest BCUT2D eigenvalue weighted by Gasteiger charge is 2.21. The minimum Gasteiger partial charge on any atom is -0.343 e. The van der Waals surface area contributed by atoms with E-state index in [1.807, 2.05) is 12.1 Å². The van der Waals surface area contributed by atoms with Gasteiger partial charge in [-0.05, 0) is 49.0 Å². The molecule has 29 heavy (non-hydrogen) atoms. The number of benzene rings is 1. The van der Waals surface area contributed by atoms with Crippen molar-refractivity contribution in [3.05, 3.63) is 41.2 Å². The Labute approximate surface area is 171 Å². The standard InChI is InChI=1S/C21H30N6O2/c1-21(2,3)16-7-5-15(6-8-16)19(29)23-13-17(28)24-20-25-18(26-27(20)4)14-9-11-22-12-10-14/h5-8,14,22H,9-13H2,1-4H3,(H,23,29)(H,24,25,26,28). The summed E-state index contributed by atoms with van der Waals surface area (Å²) in [5.74, 6) is 0.842. The Morgan fingerprint density at radius 2 is 1.83 bits per heavy atom. The Hall–Kier alpha value is -2.74. The number of amides is 2. The molecule has 0 saturated carbocycles. The lowest BCUT2D eigenvalue weighted by Gasteiger charge is -2.19. The summed E-state index contributed by atoms with van der Waals surface area (Å²) in [6.07, 6.45) is 1.98. The second kappa shape index (κ2) is 8.73. The minimum absolute atomic E-state index is 0.0258. The molecule has 0 bridgehead atoms. The summed E-state index contributed by atoms with van der Waals surface area (Å²) in [5, 5.41) is 13.1. The molecular weight excluding hydrogens is 368 g/mol. The normalized spacial score (nSPS) is 15.2. The number of aromatic nitrogens is 3. The zero-order valence-corrected chi connectivity index (χ0v) is 17.6. The van der Waals surface area contributed by atoms with Crippen molar-refractivity contribution in [2.24, 2.45) is 7.05 Å². The van der Waals surface area contributed by atoms with Crippen LogP contribution in [-0.2, 0) is 17.3 Å². The van der Waals surface area contributed by atoms with Crippen LogP contribution in [0.4, 0.5) is 5.95 Å². The second-order valence-electron chi connectivity index (χ2n) is 8.50. The number of carbonyl (C=O) groups excluding carboxylic acids is 2. The van der Waals surface area contributed by atoms with Crippen molar-refractivity contribution in [1.29, 1.82) is 0 Å². The zero-order chi connectivity index (χ0) is 21.0. The molecule has 1 aromatic carbocycles. The third kappa shape index (κ3) is 5.41. The van der Waals surface area contributed by atoms with Crippen LogP contribution in [0.25, 0.3) is 0 Å². The predicted molar refractivity (Wildman–Crippen MR) is 112 cm³/mol. The molecule has 0 unspecified atom stereocenters. The summed E-state index contributed by atoms with van der Waals surface area (Å²) < 4.78 is 1.57. The van der Waals surface area contributed by atoms with Crippen molar-refractivity contribution in [3.8, 4) is 0 Å². The van der Waals surface area contributed by atoms with Gasteiger partial charge >= 0.3 is 0 Å². The molecule has 0 radical (unpaired) electrons. The van der Waals surface area contributed by atoms with Gasteiger partial charge in [-0.15, -0.1) is 0 Å². The van der Waals surface area contributed by atoms with E-state index in [1.165, 1.54) is 0 Å². The fourth-order valence-electron chi connectivity index (χ4n) is 3.32. The minimum atomic E-state index is -0.336. The van der Waals surface area contributed by atoms with Gasteiger partial charge in [-0.3, -0.25) is 14.9 Å². The summed E-state index contributed by atoms with van der Waals surface area (Å²) in [5.41, 5.74) is 1.70. The molecule has 0 spiro atoms. The van der Waals surface area contributed by atoms with Crippen molar-refractivity contribution in [3.63, 3.8) is 0 Å². The molecule has 0 atom stereocenters. The molecular formula is C21H30N6O2. The maximum Gasteiger partial charge on any atom is 0.251 e. The molecule has 8 nitrogen and oxygen atoms in total. The highest BCUT2D eigenvalue weighted by Crippen LogP contribution is 2.23. The number of rotatable bonds is 5. The number of carbonyl (C=O) groups is 2. The fourth-order valence-corrected chi connectivity index (χ4v) is 3.32. The Morgan fingerprint density at radius 1 is 1.17 bits per heavy atom. The first-order chi connectivity index (χ1) is 13.7. The molecule has 2 amide bonds. The number of aryl methyl sites for hydroxylation is 1. The largest absolute Gasteiger partial charge is 0.343 e. The summed E-state index contributed by atoms with van der Waals surface area (Å²) in [6, 6.07) is 7.44. The molecule has 1 aliphatic rings. The van der Waals surface area contributed by atoms with Gasteiger partial charge in [0.1, 0.15) is 0 Å². The third-order valence-electron chi connectivity index (χ3n) is 5.16. The van der Waals surface area contributed by atoms with Gasteiger partial charge in [0.15, 0.2) is 5.82 Å². The molecule has 3 rings (SSSR count). The van der Waals surface area contributed by atoms with Gasteiger partial charge in [0.2, 0.25) is 11.9 Å². The van der Waals surface area contributed by atoms with Crippen LogP contribution in [0.2, 0.25) is 0 Å². The molecule has 0 aliphatic carbocycles. The van der Waals surface area contributed by atoms with Gasteiger partial charge in [-0.1, -0.05) is 32.9 Å². The lowest BCUT2D eigenvalue weighted by Crippen LogP contribution is -2.33. The lowest BCUT2D eigenvalue weighted by atomic mass is 9.87. The van der Waals surface area contributed by atoms with Crippen LogP contribution in [-0.4, -0.2) is 46.2 Å². The molecule has 8 heteroatoms. The van der Waals surface area contributed by atoms with E-state index >= 15 is 0 Å². The quantitative estimate of drug-likeness (QED) is 0.715. The number of nitrogens with one attached hydrogen (secondary N) is 3. The van der Waals surface area contributed by atoms with Crippen LogP contribution >= 0.6 is 0 Å². The Kier molecular flexibility index (Phi) is 6.32. The van der Waals surface area contributed by atoms with E-state index in [-0.39, 0.29) is 23.8 Å². The van der Waals surface area contributed by atoms with Crippen molar-refractivity contribution >= 4 is 17.8 Å². The van der Waals surface area contributed by atoms with E-state index in [1.54, 1.807) is 23.9 Å².